The van der Waals surface area contributed by atoms with Crippen LogP contribution in [0.3, 0.4) is 0 Å². The van der Waals surface area contributed by atoms with Crippen molar-refractivity contribution in [2.45, 2.75) is 53.0 Å². The highest BCUT2D eigenvalue weighted by atomic mass is 16.2. The number of imidazole rings is 1. The highest BCUT2D eigenvalue weighted by Gasteiger charge is 2.25. The standard InChI is InChI=1S/C21H29N3O/c1-4-10-24-17(3)15-22-20(24)14-18-8-11-23(12-9-18)21(25)19-7-5-6-16(2)13-19/h5-7,13,15,18H,4,8-12,14H2,1-3H3. The van der Waals surface area contributed by atoms with E-state index in [1.165, 1.54) is 11.5 Å². The molecule has 3 rings (SSSR count). The Labute approximate surface area is 150 Å². The summed E-state index contributed by atoms with van der Waals surface area (Å²) in [5.74, 6) is 2.01. The van der Waals surface area contributed by atoms with Gasteiger partial charge in [0.2, 0.25) is 0 Å². The van der Waals surface area contributed by atoms with Crippen LogP contribution in [-0.4, -0.2) is 33.4 Å². The summed E-state index contributed by atoms with van der Waals surface area (Å²) in [6.07, 6.45) is 6.28. The molecule has 1 aliphatic heterocycles. The molecule has 0 atom stereocenters. The van der Waals surface area contributed by atoms with Crippen LogP contribution in [0, 0.1) is 19.8 Å². The van der Waals surface area contributed by atoms with Gasteiger partial charge < -0.3 is 9.47 Å². The van der Waals surface area contributed by atoms with Crippen LogP contribution in [-0.2, 0) is 13.0 Å². The van der Waals surface area contributed by atoms with Gasteiger partial charge in [0.1, 0.15) is 5.82 Å². The van der Waals surface area contributed by atoms with Crippen molar-refractivity contribution in [3.8, 4) is 0 Å². The van der Waals surface area contributed by atoms with Gasteiger partial charge in [0.15, 0.2) is 0 Å². The van der Waals surface area contributed by atoms with E-state index in [0.717, 1.165) is 56.4 Å². The molecule has 0 unspecified atom stereocenters. The summed E-state index contributed by atoms with van der Waals surface area (Å²) in [6.45, 7) is 9.12. The minimum atomic E-state index is 0.172. The molecule has 4 nitrogen and oxygen atoms in total. The second kappa shape index (κ2) is 7.85. The zero-order valence-electron chi connectivity index (χ0n) is 15.7. The molecule has 0 N–H and O–H groups in total. The summed E-state index contributed by atoms with van der Waals surface area (Å²) in [7, 11) is 0. The average Bonchev–Trinajstić information content (AvgIpc) is 2.95. The third-order valence-electron chi connectivity index (χ3n) is 5.22. The van der Waals surface area contributed by atoms with Crippen LogP contribution < -0.4 is 0 Å². The number of hydrogen-bond donors (Lipinski definition) is 0. The van der Waals surface area contributed by atoms with Crippen molar-refractivity contribution in [3.05, 3.63) is 53.1 Å². The Morgan fingerprint density at radius 3 is 2.68 bits per heavy atom. The molecular weight excluding hydrogens is 310 g/mol. The van der Waals surface area contributed by atoms with E-state index in [2.05, 4.69) is 23.4 Å². The molecule has 2 aromatic rings. The van der Waals surface area contributed by atoms with Gasteiger partial charge in [0, 0.05) is 43.5 Å². The van der Waals surface area contributed by atoms with Crippen molar-refractivity contribution in [1.29, 1.82) is 0 Å². The van der Waals surface area contributed by atoms with Gasteiger partial charge in [-0.3, -0.25) is 4.79 Å². The Morgan fingerprint density at radius 2 is 2.00 bits per heavy atom. The molecular formula is C21H29N3O. The van der Waals surface area contributed by atoms with Crippen LogP contribution in [0.5, 0.6) is 0 Å². The van der Waals surface area contributed by atoms with Gasteiger partial charge >= 0.3 is 0 Å². The lowest BCUT2D eigenvalue weighted by Crippen LogP contribution is -2.39. The molecule has 0 spiro atoms. The predicted molar refractivity (Wildman–Crippen MR) is 101 cm³/mol. The van der Waals surface area contributed by atoms with Gasteiger partial charge in [-0.15, -0.1) is 0 Å². The number of likely N-dealkylation sites (tertiary alicyclic amines) is 1. The maximum Gasteiger partial charge on any atom is 0.253 e. The van der Waals surface area contributed by atoms with Crippen molar-refractivity contribution in [1.82, 2.24) is 14.5 Å². The minimum absolute atomic E-state index is 0.172. The summed E-state index contributed by atoms with van der Waals surface area (Å²) in [5, 5.41) is 0. The van der Waals surface area contributed by atoms with E-state index in [0.29, 0.717) is 5.92 Å². The van der Waals surface area contributed by atoms with Crippen molar-refractivity contribution >= 4 is 5.91 Å². The van der Waals surface area contributed by atoms with Crippen LogP contribution in [0.2, 0.25) is 0 Å². The van der Waals surface area contributed by atoms with Gasteiger partial charge in [-0.2, -0.15) is 0 Å². The van der Waals surface area contributed by atoms with Gasteiger partial charge in [0.05, 0.1) is 0 Å². The molecule has 1 aromatic carbocycles. The molecule has 1 fully saturated rings. The highest BCUT2D eigenvalue weighted by Crippen LogP contribution is 2.23. The topological polar surface area (TPSA) is 38.1 Å². The number of rotatable bonds is 5. The summed E-state index contributed by atoms with van der Waals surface area (Å²) in [5.41, 5.74) is 3.20. The Bertz CT molecular complexity index is 726. The van der Waals surface area contributed by atoms with Crippen LogP contribution in [0.15, 0.2) is 30.5 Å². The Balaban J connectivity index is 1.58. The number of amides is 1. The van der Waals surface area contributed by atoms with Crippen molar-refractivity contribution in [2.24, 2.45) is 5.92 Å². The van der Waals surface area contributed by atoms with Gasteiger partial charge in [-0.1, -0.05) is 24.6 Å². The Morgan fingerprint density at radius 1 is 1.24 bits per heavy atom. The lowest BCUT2D eigenvalue weighted by Gasteiger charge is -2.32. The number of carbonyl (C=O) groups excluding carboxylic acids is 1. The first-order valence-electron chi connectivity index (χ1n) is 9.45. The second-order valence-corrected chi connectivity index (χ2v) is 7.28. The van der Waals surface area contributed by atoms with Crippen molar-refractivity contribution < 1.29 is 4.79 Å². The Hall–Kier alpha value is -2.10. The first-order valence-corrected chi connectivity index (χ1v) is 9.45. The number of piperidine rings is 1. The smallest absolute Gasteiger partial charge is 0.253 e. The van der Waals surface area contributed by atoms with E-state index in [9.17, 15) is 4.79 Å². The zero-order valence-corrected chi connectivity index (χ0v) is 15.7. The van der Waals surface area contributed by atoms with E-state index in [1.807, 2.05) is 42.3 Å². The fourth-order valence-electron chi connectivity index (χ4n) is 3.76. The SMILES string of the molecule is CCCn1c(C)cnc1CC1CCN(C(=O)c2cccc(C)c2)CC1. The molecule has 134 valence electrons. The normalized spacial score (nSPS) is 15.6. The number of aromatic nitrogens is 2. The van der Waals surface area contributed by atoms with E-state index in [-0.39, 0.29) is 5.91 Å². The van der Waals surface area contributed by atoms with Crippen molar-refractivity contribution in [2.75, 3.05) is 13.1 Å². The van der Waals surface area contributed by atoms with Gasteiger partial charge in [-0.05, 0) is 51.2 Å². The first kappa shape index (κ1) is 17.7. The lowest BCUT2D eigenvalue weighted by atomic mass is 9.92. The second-order valence-electron chi connectivity index (χ2n) is 7.28. The van der Waals surface area contributed by atoms with Crippen LogP contribution in [0.25, 0.3) is 0 Å². The maximum atomic E-state index is 12.7. The Kier molecular flexibility index (Phi) is 5.57. The van der Waals surface area contributed by atoms with Crippen LogP contribution >= 0.6 is 0 Å². The quantitative estimate of drug-likeness (QED) is 0.825. The number of carbonyl (C=O) groups is 1. The molecule has 1 amide bonds. The number of benzene rings is 1. The van der Waals surface area contributed by atoms with Gasteiger partial charge in [-0.25, -0.2) is 4.98 Å². The molecule has 0 saturated carbocycles. The molecule has 1 aromatic heterocycles. The van der Waals surface area contributed by atoms with Crippen molar-refractivity contribution in [3.63, 3.8) is 0 Å². The molecule has 1 aliphatic rings. The fraction of sp³-hybridized carbons (Fsp3) is 0.524. The molecule has 4 heteroatoms. The van der Waals surface area contributed by atoms with Crippen LogP contribution in [0.4, 0.5) is 0 Å². The third-order valence-corrected chi connectivity index (χ3v) is 5.22. The summed E-state index contributed by atoms with van der Waals surface area (Å²) in [4.78, 5) is 19.3. The van der Waals surface area contributed by atoms with E-state index >= 15 is 0 Å². The lowest BCUT2D eigenvalue weighted by molar-refractivity contribution is 0.0689. The molecule has 25 heavy (non-hydrogen) atoms. The number of aryl methyl sites for hydroxylation is 2. The molecule has 2 heterocycles. The summed E-state index contributed by atoms with van der Waals surface area (Å²) in [6, 6.07) is 7.90. The van der Waals surface area contributed by atoms with E-state index < -0.39 is 0 Å². The third kappa shape index (κ3) is 4.12. The monoisotopic (exact) mass is 339 g/mol. The molecule has 1 saturated heterocycles. The average molecular weight is 339 g/mol. The summed E-state index contributed by atoms with van der Waals surface area (Å²) >= 11 is 0. The largest absolute Gasteiger partial charge is 0.339 e. The van der Waals surface area contributed by atoms with E-state index in [1.54, 1.807) is 0 Å². The maximum absolute atomic E-state index is 12.7. The summed E-state index contributed by atoms with van der Waals surface area (Å²) < 4.78 is 2.35. The molecule has 0 aliphatic carbocycles. The number of nitrogens with zero attached hydrogens (tertiary/aromatic N) is 3. The van der Waals surface area contributed by atoms with E-state index in [4.69, 9.17) is 0 Å². The molecule has 0 bridgehead atoms. The molecule has 0 radical (unpaired) electrons. The number of hydrogen-bond acceptors (Lipinski definition) is 2. The fourth-order valence-corrected chi connectivity index (χ4v) is 3.76. The highest BCUT2D eigenvalue weighted by molar-refractivity contribution is 5.94. The van der Waals surface area contributed by atoms with Gasteiger partial charge in [0.25, 0.3) is 5.91 Å². The minimum Gasteiger partial charge on any atom is -0.339 e. The predicted octanol–water partition coefficient (Wildman–Crippen LogP) is 4.00. The van der Waals surface area contributed by atoms with Crippen LogP contribution in [0.1, 0.15) is 53.6 Å². The zero-order chi connectivity index (χ0) is 17.8. The first-order chi connectivity index (χ1) is 12.1.